The van der Waals surface area contributed by atoms with Crippen LogP contribution in [0.25, 0.3) is 0 Å². The van der Waals surface area contributed by atoms with Gasteiger partial charge in [0.25, 0.3) is 0 Å². The van der Waals surface area contributed by atoms with Crippen LogP contribution in [0.2, 0.25) is 5.02 Å². The van der Waals surface area contributed by atoms with Crippen molar-refractivity contribution in [3.8, 4) is 6.07 Å². The van der Waals surface area contributed by atoms with E-state index in [4.69, 9.17) is 16.9 Å². The molecule has 3 nitrogen and oxygen atoms in total. The minimum absolute atomic E-state index is 0.202. The van der Waals surface area contributed by atoms with Crippen molar-refractivity contribution < 1.29 is 4.79 Å². The maximum Gasteiger partial charge on any atom is 0.196 e. The van der Waals surface area contributed by atoms with E-state index < -0.39 is 0 Å². The molecule has 4 heteroatoms. The molecule has 2 aromatic carbocycles. The molecule has 0 saturated carbocycles. The normalized spacial score (nSPS) is 9.74. The van der Waals surface area contributed by atoms with Crippen LogP contribution in [0, 0.1) is 11.3 Å². The second-order valence-electron chi connectivity index (χ2n) is 3.93. The Morgan fingerprint density at radius 3 is 2.58 bits per heavy atom. The predicted octanol–water partition coefficient (Wildman–Crippen LogP) is 3.48. The first-order chi connectivity index (χ1) is 9.17. The number of nitrogens with zero attached hydrogens (tertiary/aromatic N) is 1. The van der Waals surface area contributed by atoms with Crippen LogP contribution in [0.3, 0.4) is 0 Å². The average molecular weight is 271 g/mol. The quantitative estimate of drug-likeness (QED) is 0.869. The van der Waals surface area contributed by atoms with Crippen LogP contribution in [0.5, 0.6) is 0 Å². The Balaban J connectivity index is 2.55. The first-order valence-electron chi connectivity index (χ1n) is 5.68. The van der Waals surface area contributed by atoms with Crippen molar-refractivity contribution in [2.45, 2.75) is 0 Å². The minimum atomic E-state index is -0.202. The number of hydrogen-bond acceptors (Lipinski definition) is 3. The molecule has 0 aliphatic carbocycles. The monoisotopic (exact) mass is 270 g/mol. The second kappa shape index (κ2) is 5.55. The van der Waals surface area contributed by atoms with Crippen molar-refractivity contribution in [2.24, 2.45) is 0 Å². The molecule has 0 heterocycles. The molecule has 2 rings (SSSR count). The molecule has 1 N–H and O–H groups in total. The molecular weight excluding hydrogens is 260 g/mol. The summed E-state index contributed by atoms with van der Waals surface area (Å²) in [6, 6.07) is 13.8. The third-order valence-corrected chi connectivity index (χ3v) is 3.11. The minimum Gasteiger partial charge on any atom is -0.388 e. The van der Waals surface area contributed by atoms with E-state index in [1.54, 1.807) is 49.5 Å². The maximum atomic E-state index is 12.5. The Bertz CT molecular complexity index is 674. The lowest BCUT2D eigenvalue weighted by Crippen LogP contribution is -2.06. The SMILES string of the molecule is CNc1ccc(C#N)cc1C(=O)c1ccccc1Cl. The number of nitriles is 1. The number of halogens is 1. The van der Waals surface area contributed by atoms with Gasteiger partial charge in [0.15, 0.2) is 5.78 Å². The number of rotatable bonds is 3. The molecule has 0 bridgehead atoms. The molecule has 0 aliphatic rings. The van der Waals surface area contributed by atoms with Gasteiger partial charge in [0.1, 0.15) is 0 Å². The zero-order chi connectivity index (χ0) is 13.8. The van der Waals surface area contributed by atoms with Crippen molar-refractivity contribution in [3.05, 3.63) is 64.2 Å². The highest BCUT2D eigenvalue weighted by molar-refractivity contribution is 6.35. The highest BCUT2D eigenvalue weighted by Crippen LogP contribution is 2.24. The van der Waals surface area contributed by atoms with Crippen LogP contribution in [0.1, 0.15) is 21.5 Å². The Hall–Kier alpha value is -2.31. The Morgan fingerprint density at radius 1 is 1.21 bits per heavy atom. The van der Waals surface area contributed by atoms with Gasteiger partial charge < -0.3 is 5.32 Å². The van der Waals surface area contributed by atoms with E-state index in [-0.39, 0.29) is 5.78 Å². The number of carbonyl (C=O) groups excluding carboxylic acids is 1. The number of anilines is 1. The third-order valence-electron chi connectivity index (χ3n) is 2.78. The van der Waals surface area contributed by atoms with Crippen LogP contribution in [0.4, 0.5) is 5.69 Å². The largest absolute Gasteiger partial charge is 0.388 e. The Morgan fingerprint density at radius 2 is 1.95 bits per heavy atom. The van der Waals surface area contributed by atoms with Crippen LogP contribution in [-0.2, 0) is 0 Å². The van der Waals surface area contributed by atoms with Crippen LogP contribution >= 0.6 is 11.6 Å². The molecule has 0 saturated heterocycles. The number of nitrogens with one attached hydrogen (secondary N) is 1. The molecule has 0 amide bonds. The van der Waals surface area contributed by atoms with Gasteiger partial charge in [-0.15, -0.1) is 0 Å². The summed E-state index contributed by atoms with van der Waals surface area (Å²) in [5.74, 6) is -0.202. The van der Waals surface area contributed by atoms with Gasteiger partial charge in [-0.3, -0.25) is 4.79 Å². The molecule has 0 unspecified atom stereocenters. The van der Waals surface area contributed by atoms with Crippen molar-refractivity contribution in [1.29, 1.82) is 5.26 Å². The molecule has 0 fully saturated rings. The van der Waals surface area contributed by atoms with E-state index in [0.29, 0.717) is 27.4 Å². The fourth-order valence-corrected chi connectivity index (χ4v) is 2.03. The van der Waals surface area contributed by atoms with Crippen LogP contribution in [-0.4, -0.2) is 12.8 Å². The van der Waals surface area contributed by atoms with Crippen molar-refractivity contribution in [2.75, 3.05) is 12.4 Å². The third kappa shape index (κ3) is 2.59. The van der Waals surface area contributed by atoms with Gasteiger partial charge >= 0.3 is 0 Å². The van der Waals surface area contributed by atoms with Crippen molar-refractivity contribution in [3.63, 3.8) is 0 Å². The molecule has 0 aromatic heterocycles. The topological polar surface area (TPSA) is 52.9 Å². The zero-order valence-electron chi connectivity index (χ0n) is 10.3. The molecule has 0 radical (unpaired) electrons. The van der Waals surface area contributed by atoms with Gasteiger partial charge in [0, 0.05) is 23.9 Å². The van der Waals surface area contributed by atoms with E-state index in [1.807, 2.05) is 6.07 Å². The molecule has 0 spiro atoms. The highest BCUT2D eigenvalue weighted by Gasteiger charge is 2.16. The lowest BCUT2D eigenvalue weighted by molar-refractivity contribution is 0.103. The summed E-state index contributed by atoms with van der Waals surface area (Å²) in [5, 5.41) is 12.3. The van der Waals surface area contributed by atoms with E-state index >= 15 is 0 Å². The fourth-order valence-electron chi connectivity index (χ4n) is 1.81. The van der Waals surface area contributed by atoms with E-state index in [2.05, 4.69) is 5.32 Å². The van der Waals surface area contributed by atoms with Gasteiger partial charge in [-0.1, -0.05) is 23.7 Å². The predicted molar refractivity (Wildman–Crippen MR) is 75.6 cm³/mol. The van der Waals surface area contributed by atoms with Crippen molar-refractivity contribution in [1.82, 2.24) is 0 Å². The molecule has 94 valence electrons. The zero-order valence-corrected chi connectivity index (χ0v) is 11.0. The number of benzene rings is 2. The first-order valence-corrected chi connectivity index (χ1v) is 6.06. The molecule has 19 heavy (non-hydrogen) atoms. The van der Waals surface area contributed by atoms with Gasteiger partial charge in [-0.05, 0) is 30.3 Å². The second-order valence-corrected chi connectivity index (χ2v) is 4.34. The van der Waals surface area contributed by atoms with Crippen LogP contribution in [0.15, 0.2) is 42.5 Å². The standard InChI is InChI=1S/C15H11ClN2O/c1-18-14-7-6-10(9-17)8-12(14)15(19)11-4-2-3-5-13(11)16/h2-8,18H,1H3. The van der Waals surface area contributed by atoms with Crippen LogP contribution < -0.4 is 5.32 Å². The summed E-state index contributed by atoms with van der Waals surface area (Å²) in [6.07, 6.45) is 0. The van der Waals surface area contributed by atoms with E-state index in [0.717, 1.165) is 0 Å². The number of carbonyl (C=O) groups is 1. The van der Waals surface area contributed by atoms with Gasteiger partial charge in [-0.2, -0.15) is 5.26 Å². The molecule has 2 aromatic rings. The summed E-state index contributed by atoms with van der Waals surface area (Å²) in [7, 11) is 1.73. The Labute approximate surface area is 116 Å². The van der Waals surface area contributed by atoms with Gasteiger partial charge in [0.05, 0.1) is 16.7 Å². The summed E-state index contributed by atoms with van der Waals surface area (Å²) in [6.45, 7) is 0. The average Bonchev–Trinajstić information content (AvgIpc) is 2.46. The number of hydrogen-bond donors (Lipinski definition) is 1. The molecular formula is C15H11ClN2O. The molecule has 0 aliphatic heterocycles. The summed E-state index contributed by atoms with van der Waals surface area (Å²) >= 11 is 6.03. The lowest BCUT2D eigenvalue weighted by atomic mass is 9.99. The van der Waals surface area contributed by atoms with Gasteiger partial charge in [0.2, 0.25) is 0 Å². The molecule has 0 atom stereocenters. The number of ketones is 1. The highest BCUT2D eigenvalue weighted by atomic mass is 35.5. The summed E-state index contributed by atoms with van der Waals surface area (Å²) in [4.78, 5) is 12.5. The Kier molecular flexibility index (Phi) is 3.84. The lowest BCUT2D eigenvalue weighted by Gasteiger charge is -2.09. The first kappa shape index (κ1) is 13.1. The van der Waals surface area contributed by atoms with E-state index in [1.165, 1.54) is 0 Å². The summed E-state index contributed by atoms with van der Waals surface area (Å²) in [5.41, 5.74) is 1.98. The van der Waals surface area contributed by atoms with Gasteiger partial charge in [-0.25, -0.2) is 0 Å². The van der Waals surface area contributed by atoms with E-state index in [9.17, 15) is 4.79 Å². The fraction of sp³-hybridized carbons (Fsp3) is 0.0667. The smallest absolute Gasteiger partial charge is 0.196 e. The van der Waals surface area contributed by atoms with Crippen molar-refractivity contribution >= 4 is 23.1 Å². The summed E-state index contributed by atoms with van der Waals surface area (Å²) < 4.78 is 0. The maximum absolute atomic E-state index is 12.5.